The summed E-state index contributed by atoms with van der Waals surface area (Å²) in [6.07, 6.45) is 3.02. The van der Waals surface area contributed by atoms with Crippen molar-refractivity contribution >= 4 is 28.0 Å². The van der Waals surface area contributed by atoms with Gasteiger partial charge in [-0.15, -0.1) is 0 Å². The average Bonchev–Trinajstić information content (AvgIpc) is 3.18. The van der Waals surface area contributed by atoms with Gasteiger partial charge in [0.15, 0.2) is 0 Å². The van der Waals surface area contributed by atoms with Crippen LogP contribution in [-0.2, 0) is 19.6 Å². The Bertz CT molecular complexity index is 1070. The zero-order valence-corrected chi connectivity index (χ0v) is 16.0. The van der Waals surface area contributed by atoms with Gasteiger partial charge in [-0.3, -0.25) is 4.98 Å². The van der Waals surface area contributed by atoms with Gasteiger partial charge in [0.05, 0.1) is 24.6 Å². The number of nitrogens with zero attached hydrogens (tertiary/aromatic N) is 1. The minimum absolute atomic E-state index is 0.165. The molecule has 2 aromatic heterocycles. The fourth-order valence-corrected chi connectivity index (χ4v) is 3.40. The van der Waals surface area contributed by atoms with Crippen molar-refractivity contribution in [3.63, 3.8) is 0 Å². The Hall–Kier alpha value is -3.35. The molecule has 2 heterocycles. The molecule has 0 spiro atoms. The van der Waals surface area contributed by atoms with E-state index in [-0.39, 0.29) is 13.2 Å². The van der Waals surface area contributed by atoms with E-state index >= 15 is 0 Å². The quantitative estimate of drug-likeness (QED) is 0.315. The first kappa shape index (κ1) is 19.0. The minimum Gasteiger partial charge on any atom is -0.390 e. The van der Waals surface area contributed by atoms with E-state index in [4.69, 9.17) is 0 Å². The van der Waals surface area contributed by atoms with E-state index in [0.29, 0.717) is 11.4 Å². The predicted molar refractivity (Wildman–Crippen MR) is 116 cm³/mol. The van der Waals surface area contributed by atoms with E-state index in [1.54, 1.807) is 12.1 Å². The zero-order chi connectivity index (χ0) is 20.1. The van der Waals surface area contributed by atoms with Gasteiger partial charge in [0.1, 0.15) is 0 Å². The fourth-order valence-electron chi connectivity index (χ4n) is 3.40. The number of anilines is 3. The molecule has 4 aromatic rings. The summed E-state index contributed by atoms with van der Waals surface area (Å²) in [7, 11) is 0. The number of hydrogen-bond acceptors (Lipinski definition) is 5. The molecule has 29 heavy (non-hydrogen) atoms. The fraction of sp³-hybridized carbons (Fsp3) is 0.174. The number of aromatic nitrogens is 2. The van der Waals surface area contributed by atoms with Gasteiger partial charge in [0.2, 0.25) is 0 Å². The lowest BCUT2D eigenvalue weighted by Gasteiger charge is -2.11. The van der Waals surface area contributed by atoms with Crippen LogP contribution < -0.4 is 10.6 Å². The highest BCUT2D eigenvalue weighted by atomic mass is 16.3. The number of pyridine rings is 1. The Kier molecular flexibility index (Phi) is 5.74. The van der Waals surface area contributed by atoms with Gasteiger partial charge < -0.3 is 25.8 Å². The molecular weight excluding hydrogens is 364 g/mol. The summed E-state index contributed by atoms with van der Waals surface area (Å²) in [6, 6.07) is 19.9. The third kappa shape index (κ3) is 4.56. The van der Waals surface area contributed by atoms with Crippen LogP contribution in [0.5, 0.6) is 0 Å². The highest BCUT2D eigenvalue weighted by Crippen LogP contribution is 2.21. The maximum Gasteiger partial charge on any atom is 0.0853 e. The molecule has 0 aliphatic rings. The Morgan fingerprint density at radius 2 is 1.52 bits per heavy atom. The lowest BCUT2D eigenvalue weighted by Crippen LogP contribution is -2.04. The number of rotatable bonds is 8. The molecule has 0 aliphatic carbocycles. The third-order valence-corrected chi connectivity index (χ3v) is 4.83. The van der Waals surface area contributed by atoms with E-state index in [1.807, 2.05) is 30.3 Å². The van der Waals surface area contributed by atoms with E-state index in [1.165, 1.54) is 16.5 Å². The molecule has 0 amide bonds. The maximum absolute atomic E-state index is 9.31. The van der Waals surface area contributed by atoms with Crippen LogP contribution in [0.4, 0.5) is 17.1 Å². The second-order valence-electron chi connectivity index (χ2n) is 6.89. The number of hydrogen-bond donors (Lipinski definition) is 5. The SMILES string of the molecule is OCc1cc(Nc2ccc(NCCc3c[nH]c4ccccc34)cc2)cc(CO)n1. The summed E-state index contributed by atoms with van der Waals surface area (Å²) in [5.41, 5.74) is 6.28. The number of aliphatic hydroxyl groups excluding tert-OH is 2. The third-order valence-electron chi connectivity index (χ3n) is 4.83. The second-order valence-corrected chi connectivity index (χ2v) is 6.89. The molecule has 148 valence electrons. The molecule has 6 nitrogen and oxygen atoms in total. The molecule has 0 atom stereocenters. The Labute approximate surface area is 169 Å². The van der Waals surface area contributed by atoms with E-state index in [9.17, 15) is 10.2 Å². The van der Waals surface area contributed by atoms with Crippen LogP contribution >= 0.6 is 0 Å². The van der Waals surface area contributed by atoms with Gasteiger partial charge in [-0.25, -0.2) is 0 Å². The summed E-state index contributed by atoms with van der Waals surface area (Å²) in [5, 5.41) is 26.6. The first-order chi connectivity index (χ1) is 14.2. The lowest BCUT2D eigenvalue weighted by atomic mass is 10.1. The monoisotopic (exact) mass is 388 g/mol. The number of aliphatic hydroxyl groups is 2. The van der Waals surface area contributed by atoms with Crippen molar-refractivity contribution in [3.8, 4) is 0 Å². The van der Waals surface area contributed by atoms with Crippen molar-refractivity contribution in [1.29, 1.82) is 0 Å². The van der Waals surface area contributed by atoms with Gasteiger partial charge in [-0.2, -0.15) is 0 Å². The number of H-pyrrole nitrogens is 1. The summed E-state index contributed by atoms with van der Waals surface area (Å²) >= 11 is 0. The van der Waals surface area contributed by atoms with Crippen molar-refractivity contribution < 1.29 is 10.2 Å². The van der Waals surface area contributed by atoms with E-state index in [0.717, 1.165) is 30.0 Å². The van der Waals surface area contributed by atoms with Gasteiger partial charge in [0, 0.05) is 40.7 Å². The zero-order valence-electron chi connectivity index (χ0n) is 16.0. The Morgan fingerprint density at radius 1 is 0.828 bits per heavy atom. The topological polar surface area (TPSA) is 93.2 Å². The Morgan fingerprint density at radius 3 is 2.24 bits per heavy atom. The summed E-state index contributed by atoms with van der Waals surface area (Å²) in [5.74, 6) is 0. The van der Waals surface area contributed by atoms with Crippen LogP contribution in [0, 0.1) is 0 Å². The molecule has 4 rings (SSSR count). The first-order valence-corrected chi connectivity index (χ1v) is 9.62. The predicted octanol–water partition coefficient (Wildman–Crippen LogP) is 3.95. The van der Waals surface area contributed by atoms with Crippen LogP contribution in [0.3, 0.4) is 0 Å². The summed E-state index contributed by atoms with van der Waals surface area (Å²) in [6.45, 7) is 0.516. The van der Waals surface area contributed by atoms with Gasteiger partial charge in [-0.05, 0) is 54.4 Å². The van der Waals surface area contributed by atoms with Crippen molar-refractivity contribution in [2.45, 2.75) is 19.6 Å². The molecule has 0 radical (unpaired) electrons. The molecule has 5 N–H and O–H groups in total. The van der Waals surface area contributed by atoms with Crippen LogP contribution in [0.15, 0.2) is 66.9 Å². The second kappa shape index (κ2) is 8.77. The highest BCUT2D eigenvalue weighted by Gasteiger charge is 2.04. The Balaban J connectivity index is 1.36. The minimum atomic E-state index is -0.165. The first-order valence-electron chi connectivity index (χ1n) is 9.62. The molecule has 0 bridgehead atoms. The molecule has 6 heteroatoms. The number of aromatic amines is 1. The van der Waals surface area contributed by atoms with Crippen LogP contribution in [0.25, 0.3) is 10.9 Å². The van der Waals surface area contributed by atoms with E-state index in [2.05, 4.69) is 45.0 Å². The lowest BCUT2D eigenvalue weighted by molar-refractivity contribution is 0.266. The molecule has 0 unspecified atom stereocenters. The van der Waals surface area contributed by atoms with Crippen molar-refractivity contribution in [2.75, 3.05) is 17.2 Å². The van der Waals surface area contributed by atoms with Crippen LogP contribution in [0.2, 0.25) is 0 Å². The molecular formula is C23H24N4O2. The van der Waals surface area contributed by atoms with E-state index < -0.39 is 0 Å². The molecule has 2 aromatic carbocycles. The number of benzene rings is 2. The molecule has 0 aliphatic heterocycles. The number of fused-ring (bicyclic) bond motifs is 1. The molecule has 0 saturated heterocycles. The van der Waals surface area contributed by atoms with Crippen LogP contribution in [0.1, 0.15) is 17.0 Å². The van der Waals surface area contributed by atoms with Crippen molar-refractivity contribution in [2.24, 2.45) is 0 Å². The van der Waals surface area contributed by atoms with Crippen LogP contribution in [-0.4, -0.2) is 26.7 Å². The standard InChI is InChI=1S/C23H24N4O2/c28-14-20-11-19(12-21(15-29)27-20)26-18-7-5-17(6-8-18)24-10-9-16-13-25-23-4-2-1-3-22(16)23/h1-8,11-13,24-25,28-29H,9-10,14-15H2,(H,26,27). The number of para-hydroxylation sites is 1. The largest absolute Gasteiger partial charge is 0.390 e. The van der Waals surface area contributed by atoms with Gasteiger partial charge in [-0.1, -0.05) is 18.2 Å². The maximum atomic E-state index is 9.31. The molecule has 0 fully saturated rings. The normalized spacial score (nSPS) is 11.0. The summed E-state index contributed by atoms with van der Waals surface area (Å²) in [4.78, 5) is 7.46. The highest BCUT2D eigenvalue weighted by molar-refractivity contribution is 5.83. The molecule has 0 saturated carbocycles. The summed E-state index contributed by atoms with van der Waals surface area (Å²) < 4.78 is 0. The average molecular weight is 388 g/mol. The van der Waals surface area contributed by atoms with Gasteiger partial charge in [0.25, 0.3) is 0 Å². The number of nitrogens with one attached hydrogen (secondary N) is 3. The van der Waals surface area contributed by atoms with Crippen molar-refractivity contribution in [1.82, 2.24) is 9.97 Å². The van der Waals surface area contributed by atoms with Gasteiger partial charge >= 0.3 is 0 Å². The smallest absolute Gasteiger partial charge is 0.0853 e. The van der Waals surface area contributed by atoms with Crippen molar-refractivity contribution in [3.05, 3.63) is 83.8 Å².